The van der Waals surface area contributed by atoms with Crippen LogP contribution in [0.3, 0.4) is 0 Å². The second-order valence-electron chi connectivity index (χ2n) is 5.29. The van der Waals surface area contributed by atoms with Crippen LogP contribution >= 0.6 is 11.8 Å². The summed E-state index contributed by atoms with van der Waals surface area (Å²) < 4.78 is 5.13. The van der Waals surface area contributed by atoms with E-state index in [0.717, 1.165) is 21.8 Å². The van der Waals surface area contributed by atoms with Crippen molar-refractivity contribution in [1.82, 2.24) is 5.32 Å². The number of carbonyl (C=O) groups excluding carboxylic acids is 2. The molecule has 0 radical (unpaired) electrons. The Labute approximate surface area is 145 Å². The molecule has 0 aliphatic rings. The number of hydrogen-bond acceptors (Lipinski definition) is 4. The number of methoxy groups -OCH3 is 1. The lowest BCUT2D eigenvalue weighted by molar-refractivity contribution is -0.117. The summed E-state index contributed by atoms with van der Waals surface area (Å²) in [6, 6.07) is 12.6. The van der Waals surface area contributed by atoms with Gasteiger partial charge in [0.15, 0.2) is 0 Å². The van der Waals surface area contributed by atoms with Crippen LogP contribution in [0.15, 0.2) is 47.4 Å². The number of nitrogens with one attached hydrogen (secondary N) is 2. The molecule has 0 bridgehead atoms. The molecule has 3 amide bonds. The number of ether oxygens (including phenoxy) is 1. The van der Waals surface area contributed by atoms with Crippen LogP contribution < -0.4 is 15.4 Å². The topological polar surface area (TPSA) is 67.4 Å². The zero-order chi connectivity index (χ0) is 17.5. The van der Waals surface area contributed by atoms with Crippen molar-refractivity contribution in [3.63, 3.8) is 0 Å². The number of benzene rings is 2. The fraction of sp³-hybridized carbons (Fsp3) is 0.222. The molecule has 0 aromatic heterocycles. The quantitative estimate of drug-likeness (QED) is 0.811. The molecule has 0 spiro atoms. The Morgan fingerprint density at radius 3 is 2.62 bits per heavy atom. The Balaban J connectivity index is 1.84. The largest absolute Gasteiger partial charge is 0.497 e. The summed E-state index contributed by atoms with van der Waals surface area (Å²) in [6.45, 7) is 3.89. The van der Waals surface area contributed by atoms with Gasteiger partial charge in [0.1, 0.15) is 5.75 Å². The highest BCUT2D eigenvalue weighted by Gasteiger charge is 2.10. The minimum atomic E-state index is -0.529. The van der Waals surface area contributed by atoms with Gasteiger partial charge in [-0.1, -0.05) is 23.8 Å². The first-order valence-electron chi connectivity index (χ1n) is 7.43. The fourth-order valence-electron chi connectivity index (χ4n) is 2.11. The highest BCUT2D eigenvalue weighted by molar-refractivity contribution is 8.00. The van der Waals surface area contributed by atoms with Gasteiger partial charge in [-0.2, -0.15) is 0 Å². The van der Waals surface area contributed by atoms with Crippen LogP contribution in [-0.2, 0) is 4.79 Å². The van der Waals surface area contributed by atoms with Gasteiger partial charge in [-0.15, -0.1) is 11.8 Å². The number of aryl methyl sites for hydroxylation is 2. The molecule has 2 aromatic carbocycles. The normalized spacial score (nSPS) is 10.1. The van der Waals surface area contributed by atoms with Crippen molar-refractivity contribution in [2.24, 2.45) is 0 Å². The molecule has 0 atom stereocenters. The highest BCUT2D eigenvalue weighted by Crippen LogP contribution is 2.22. The van der Waals surface area contributed by atoms with Crippen LogP contribution in [0.2, 0.25) is 0 Å². The minimum Gasteiger partial charge on any atom is -0.497 e. The fourth-order valence-corrected chi connectivity index (χ4v) is 2.85. The molecule has 2 rings (SSSR count). The maximum atomic E-state index is 11.9. The van der Waals surface area contributed by atoms with Gasteiger partial charge in [0.05, 0.1) is 12.9 Å². The summed E-state index contributed by atoms with van der Waals surface area (Å²) in [5.74, 6) is 0.520. The van der Waals surface area contributed by atoms with E-state index in [9.17, 15) is 9.59 Å². The van der Waals surface area contributed by atoms with E-state index in [0.29, 0.717) is 5.69 Å². The maximum Gasteiger partial charge on any atom is 0.325 e. The molecule has 0 saturated carbocycles. The molecule has 6 heteroatoms. The van der Waals surface area contributed by atoms with Crippen molar-refractivity contribution in [2.75, 3.05) is 18.2 Å². The lowest BCUT2D eigenvalue weighted by Crippen LogP contribution is -2.35. The first-order chi connectivity index (χ1) is 11.5. The zero-order valence-corrected chi connectivity index (χ0v) is 14.7. The molecule has 126 valence electrons. The zero-order valence-electron chi connectivity index (χ0n) is 13.9. The van der Waals surface area contributed by atoms with Crippen LogP contribution in [0.5, 0.6) is 5.75 Å². The van der Waals surface area contributed by atoms with Crippen LogP contribution in [0.25, 0.3) is 0 Å². The minimum absolute atomic E-state index is 0.146. The summed E-state index contributed by atoms with van der Waals surface area (Å²) in [5, 5.41) is 5.01. The molecule has 5 nitrogen and oxygen atoms in total. The van der Waals surface area contributed by atoms with Crippen LogP contribution in [0.4, 0.5) is 10.5 Å². The first kappa shape index (κ1) is 17.9. The molecule has 0 aliphatic heterocycles. The second-order valence-corrected chi connectivity index (χ2v) is 6.34. The van der Waals surface area contributed by atoms with E-state index in [-0.39, 0.29) is 11.7 Å². The van der Waals surface area contributed by atoms with Gasteiger partial charge in [-0.3, -0.25) is 10.1 Å². The summed E-state index contributed by atoms with van der Waals surface area (Å²) in [4.78, 5) is 24.7. The maximum absolute atomic E-state index is 11.9. The number of urea groups is 1. The van der Waals surface area contributed by atoms with E-state index in [4.69, 9.17) is 4.74 Å². The van der Waals surface area contributed by atoms with E-state index in [1.54, 1.807) is 7.11 Å². The van der Waals surface area contributed by atoms with E-state index >= 15 is 0 Å². The number of rotatable bonds is 5. The van der Waals surface area contributed by atoms with E-state index < -0.39 is 6.03 Å². The Morgan fingerprint density at radius 1 is 1.12 bits per heavy atom. The summed E-state index contributed by atoms with van der Waals surface area (Å²) in [5.41, 5.74) is 2.75. The SMILES string of the molecule is COc1cccc(SCC(=O)NC(=O)Nc2ccc(C)cc2C)c1. The predicted molar refractivity (Wildman–Crippen MR) is 96.8 cm³/mol. The molecule has 0 unspecified atom stereocenters. The number of anilines is 1. The Bertz CT molecular complexity index is 747. The van der Waals surface area contributed by atoms with Gasteiger partial charge in [0, 0.05) is 10.6 Å². The van der Waals surface area contributed by atoms with Crippen LogP contribution in [-0.4, -0.2) is 24.8 Å². The third-order valence-corrected chi connectivity index (χ3v) is 4.29. The number of amides is 3. The Morgan fingerprint density at radius 2 is 1.92 bits per heavy atom. The van der Waals surface area contributed by atoms with Gasteiger partial charge in [0.2, 0.25) is 5.91 Å². The second kappa shape index (κ2) is 8.40. The average molecular weight is 344 g/mol. The van der Waals surface area contributed by atoms with E-state index in [2.05, 4.69) is 10.6 Å². The predicted octanol–water partition coefficient (Wildman–Crippen LogP) is 3.75. The number of hydrogen-bond donors (Lipinski definition) is 2. The van der Waals surface area contributed by atoms with Crippen LogP contribution in [0.1, 0.15) is 11.1 Å². The average Bonchev–Trinajstić information content (AvgIpc) is 2.56. The van der Waals surface area contributed by atoms with Crippen molar-refractivity contribution in [3.05, 3.63) is 53.6 Å². The van der Waals surface area contributed by atoms with Gasteiger partial charge in [0.25, 0.3) is 0 Å². The summed E-state index contributed by atoms with van der Waals surface area (Å²) in [7, 11) is 1.59. The first-order valence-corrected chi connectivity index (χ1v) is 8.41. The number of thioether (sulfide) groups is 1. The molecule has 0 fully saturated rings. The monoisotopic (exact) mass is 344 g/mol. The van der Waals surface area contributed by atoms with Gasteiger partial charge < -0.3 is 10.1 Å². The van der Waals surface area contributed by atoms with Gasteiger partial charge >= 0.3 is 6.03 Å². The van der Waals surface area contributed by atoms with E-state index in [1.165, 1.54) is 11.8 Å². The van der Waals surface area contributed by atoms with Crippen LogP contribution in [0, 0.1) is 13.8 Å². The third kappa shape index (κ3) is 5.31. The van der Waals surface area contributed by atoms with Crippen molar-refractivity contribution >= 4 is 29.4 Å². The van der Waals surface area contributed by atoms with Crippen molar-refractivity contribution in [3.8, 4) is 5.75 Å². The Hall–Kier alpha value is -2.47. The van der Waals surface area contributed by atoms with Crippen molar-refractivity contribution in [1.29, 1.82) is 0 Å². The summed E-state index contributed by atoms with van der Waals surface area (Å²) in [6.07, 6.45) is 0. The van der Waals surface area contributed by atoms with Gasteiger partial charge in [-0.05, 0) is 43.7 Å². The molecule has 0 aliphatic carbocycles. The third-order valence-electron chi connectivity index (χ3n) is 3.29. The molecular weight excluding hydrogens is 324 g/mol. The molecule has 0 saturated heterocycles. The standard InChI is InChI=1S/C18H20N2O3S/c1-12-7-8-16(13(2)9-12)19-18(22)20-17(21)11-24-15-6-4-5-14(10-15)23-3/h4-10H,11H2,1-3H3,(H2,19,20,21,22). The highest BCUT2D eigenvalue weighted by atomic mass is 32.2. The van der Waals surface area contributed by atoms with E-state index in [1.807, 2.05) is 56.3 Å². The number of carbonyl (C=O) groups is 2. The van der Waals surface area contributed by atoms with Crippen molar-refractivity contribution < 1.29 is 14.3 Å². The van der Waals surface area contributed by atoms with Gasteiger partial charge in [-0.25, -0.2) is 4.79 Å². The smallest absolute Gasteiger partial charge is 0.325 e. The Kier molecular flexibility index (Phi) is 6.26. The van der Waals surface area contributed by atoms with Crippen molar-refractivity contribution in [2.45, 2.75) is 18.7 Å². The summed E-state index contributed by atoms with van der Waals surface area (Å²) >= 11 is 1.34. The lowest BCUT2D eigenvalue weighted by Gasteiger charge is -2.10. The molecule has 2 aromatic rings. The lowest BCUT2D eigenvalue weighted by atomic mass is 10.1. The molecule has 2 N–H and O–H groups in total. The molecule has 24 heavy (non-hydrogen) atoms. The number of imide groups is 1. The molecule has 0 heterocycles. The molecular formula is C18H20N2O3S.